The molecule has 4 heterocycles. The molecule has 5 aromatic rings. The van der Waals surface area contributed by atoms with Crippen LogP contribution in [-0.2, 0) is 49.5 Å². The number of aromatic nitrogens is 2. The van der Waals surface area contributed by atoms with Crippen LogP contribution in [0.3, 0.4) is 0 Å². The highest BCUT2D eigenvalue weighted by Gasteiger charge is 2.76. The molecule has 5 unspecified atom stereocenters. The number of ether oxygens (including phenoxy) is 2. The summed E-state index contributed by atoms with van der Waals surface area (Å²) in [6.45, 7) is 11.2. The normalized spacial score (nSPS) is 19.1. The van der Waals surface area contributed by atoms with Crippen molar-refractivity contribution in [1.82, 2.24) is 46.4 Å². The summed E-state index contributed by atoms with van der Waals surface area (Å²) in [7, 11) is -1.70. The maximum atomic E-state index is 15.0. The van der Waals surface area contributed by atoms with E-state index in [0.717, 1.165) is 27.6 Å². The molecule has 3 fully saturated rings. The minimum atomic E-state index is -4.99. The molecule has 3 aromatic carbocycles. The predicted octanol–water partition coefficient (Wildman–Crippen LogP) is 6.63. The van der Waals surface area contributed by atoms with Crippen LogP contribution < -0.4 is 56.7 Å². The van der Waals surface area contributed by atoms with Crippen LogP contribution in [0.2, 0.25) is 0 Å². The van der Waals surface area contributed by atoms with Crippen molar-refractivity contribution in [3.05, 3.63) is 76.6 Å². The number of phosphoric ester groups is 1. The Hall–Kier alpha value is -8.21. The molecule has 2 aromatic heterocycles. The molecule has 5 aliphatic rings. The third kappa shape index (κ3) is 16.2. The van der Waals surface area contributed by atoms with Gasteiger partial charge in [0.2, 0.25) is 41.4 Å². The number of unbranched alkanes of at least 4 members (excludes halogenated alkanes) is 1. The number of hydrogen-bond donors (Lipinski definition) is 11. The highest BCUT2D eigenvalue weighted by Crippen LogP contribution is 2.75. The first-order chi connectivity index (χ1) is 45.9. The lowest BCUT2D eigenvalue weighted by Gasteiger charge is -2.69. The van der Waals surface area contributed by atoms with Gasteiger partial charge in [-0.1, -0.05) is 26.0 Å². The Balaban J connectivity index is 0.781. The van der Waals surface area contributed by atoms with Gasteiger partial charge in [-0.2, -0.15) is 0 Å². The number of benzene rings is 3. The Morgan fingerprint density at radius 3 is 1.77 bits per heavy atom. The number of urea groups is 1. The number of nitrogens with two attached hydrogens (primary N) is 1. The number of rotatable bonds is 29. The molecule has 524 valence electrons. The zero-order valence-corrected chi connectivity index (χ0v) is 58.5. The van der Waals surface area contributed by atoms with Gasteiger partial charge in [-0.3, -0.25) is 43.3 Å². The quantitative estimate of drug-likeness (QED) is 0.0103. The SMILES string of the molecule is CC(=O)NCCCCC(NC(C)=O)C(=O)NC(C(=O)NC(CCCNC(N)=O)C(=O)Nc1ccc(COC(=O)N(C)CCN(C)C(=S)Oc2cc3c(c4c(C)c[nH]c24)C(CCl)CN3C(=O)C23CC(C(=O)N4CC(CCl)c5c4cc(OP(=O)(O)O)c4[nH]cc(C)c54)(C2)C3)cc1)C(C)C. The first kappa shape index (κ1) is 73.0. The number of anilines is 3. The lowest BCUT2D eigenvalue weighted by Crippen LogP contribution is -2.73. The molecule has 28 nitrogen and oxygen atoms in total. The number of phosphoric acid groups is 1. The van der Waals surface area contributed by atoms with E-state index in [1.54, 1.807) is 79.2 Å². The molecule has 3 saturated carbocycles. The van der Waals surface area contributed by atoms with Gasteiger partial charge in [0.1, 0.15) is 24.7 Å². The zero-order valence-electron chi connectivity index (χ0n) is 55.3. The number of nitrogens with zero attached hydrogens (tertiary/aromatic N) is 4. The number of nitrogens with one attached hydrogen (secondary N) is 8. The van der Waals surface area contributed by atoms with E-state index < -0.39 is 78.4 Å². The van der Waals surface area contributed by atoms with E-state index in [9.17, 15) is 57.5 Å². The fraction of sp³-hybridized carbons (Fsp3) is 0.508. The summed E-state index contributed by atoms with van der Waals surface area (Å²) in [5, 5.41) is 17.7. The van der Waals surface area contributed by atoms with Gasteiger partial charge in [-0.25, -0.2) is 14.2 Å². The average molecular weight is 1420 g/mol. The number of aromatic amines is 2. The van der Waals surface area contributed by atoms with Crippen LogP contribution in [0.4, 0.5) is 26.7 Å². The third-order valence-electron chi connectivity index (χ3n) is 18.5. The zero-order chi connectivity index (χ0) is 70.6. The van der Waals surface area contributed by atoms with Gasteiger partial charge in [-0.15, -0.1) is 23.2 Å². The maximum absolute atomic E-state index is 15.0. The van der Waals surface area contributed by atoms with Gasteiger partial charge < -0.3 is 81.2 Å². The van der Waals surface area contributed by atoms with Crippen molar-refractivity contribution in [2.24, 2.45) is 22.5 Å². The van der Waals surface area contributed by atoms with Gasteiger partial charge in [0.05, 0.1) is 33.2 Å². The first-order valence-electron chi connectivity index (χ1n) is 32.0. The number of primary amides is 1. The summed E-state index contributed by atoms with van der Waals surface area (Å²) in [4.78, 5) is 151. The smallest absolute Gasteiger partial charge is 0.445 e. The van der Waals surface area contributed by atoms with Crippen molar-refractivity contribution in [2.45, 2.75) is 129 Å². The topological polar surface area (TPSA) is 382 Å². The van der Waals surface area contributed by atoms with Crippen LogP contribution in [0, 0.1) is 30.6 Å². The van der Waals surface area contributed by atoms with Crippen molar-refractivity contribution in [3.63, 3.8) is 0 Å². The molecule has 2 bridgehead atoms. The van der Waals surface area contributed by atoms with Crippen molar-refractivity contribution in [3.8, 4) is 11.5 Å². The summed E-state index contributed by atoms with van der Waals surface area (Å²) < 4.78 is 29.3. The first-order valence-corrected chi connectivity index (χ1v) is 35.1. The van der Waals surface area contributed by atoms with Crippen molar-refractivity contribution in [2.75, 3.05) is 80.2 Å². The number of thiocarbonyl (C=S) groups is 1. The molecule has 0 saturated heterocycles. The number of aryl methyl sites for hydroxylation is 2. The second-order valence-corrected chi connectivity index (χ2v) is 28.3. The summed E-state index contributed by atoms with van der Waals surface area (Å²) in [5.41, 5.74) is 10.1. The highest BCUT2D eigenvalue weighted by atomic mass is 35.5. The van der Waals surface area contributed by atoms with Gasteiger partial charge in [0.25, 0.3) is 5.17 Å². The third-order valence-corrected chi connectivity index (χ3v) is 20.1. The number of H-pyrrole nitrogens is 2. The van der Waals surface area contributed by atoms with E-state index in [1.165, 1.54) is 24.8 Å². The lowest BCUT2D eigenvalue weighted by atomic mass is 9.34. The second-order valence-electron chi connectivity index (χ2n) is 26.2. The van der Waals surface area contributed by atoms with E-state index >= 15 is 0 Å². The fourth-order valence-electron chi connectivity index (χ4n) is 13.7. The lowest BCUT2D eigenvalue weighted by molar-refractivity contribution is -0.205. The monoisotopic (exact) mass is 1420 g/mol. The Morgan fingerprint density at radius 1 is 0.722 bits per heavy atom. The summed E-state index contributed by atoms with van der Waals surface area (Å²) in [6.07, 6.45) is 5.43. The molecule has 0 spiro atoms. The molecule has 10 amide bonds. The Morgan fingerprint density at radius 2 is 1.25 bits per heavy atom. The average Bonchev–Trinajstić information content (AvgIpc) is 1.42. The molecule has 5 atom stereocenters. The number of carbonyl (C=O) groups is 9. The summed E-state index contributed by atoms with van der Waals surface area (Å²) in [5.74, 6) is -3.07. The number of hydrogen-bond acceptors (Lipinski definition) is 14. The van der Waals surface area contributed by atoms with Crippen molar-refractivity contribution >= 4 is 141 Å². The number of alkyl halides is 2. The number of likely N-dealkylation sites (N-methyl/N-ethyl adjacent to an activating group) is 2. The highest BCUT2D eigenvalue weighted by molar-refractivity contribution is 7.80. The van der Waals surface area contributed by atoms with Gasteiger partial charge in [0, 0.05) is 132 Å². The van der Waals surface area contributed by atoms with Gasteiger partial charge >= 0.3 is 19.9 Å². The van der Waals surface area contributed by atoms with Crippen LogP contribution in [0.25, 0.3) is 21.8 Å². The number of amides is 10. The largest absolute Gasteiger partial charge is 0.524 e. The van der Waals surface area contributed by atoms with Crippen LogP contribution in [0.15, 0.2) is 48.8 Å². The van der Waals surface area contributed by atoms with Crippen LogP contribution in [-0.4, -0.2) is 171 Å². The van der Waals surface area contributed by atoms with Gasteiger partial charge in [0.15, 0.2) is 11.5 Å². The minimum absolute atomic E-state index is 0.0674. The van der Waals surface area contributed by atoms with E-state index in [2.05, 4.69) is 41.9 Å². The Kier molecular flexibility index (Phi) is 22.8. The van der Waals surface area contributed by atoms with E-state index in [0.29, 0.717) is 90.0 Å². The number of halogens is 2. The predicted molar refractivity (Wildman–Crippen MR) is 368 cm³/mol. The van der Waals surface area contributed by atoms with Crippen molar-refractivity contribution < 1.29 is 71.5 Å². The van der Waals surface area contributed by atoms with Crippen LogP contribution in [0.5, 0.6) is 11.5 Å². The van der Waals surface area contributed by atoms with Crippen LogP contribution >= 0.6 is 43.2 Å². The number of fused-ring (bicyclic) bond motifs is 6. The van der Waals surface area contributed by atoms with Crippen molar-refractivity contribution in [1.29, 1.82) is 0 Å². The Bertz CT molecular complexity index is 3940. The maximum Gasteiger partial charge on any atom is 0.524 e. The van der Waals surface area contributed by atoms with Gasteiger partial charge in [-0.05, 0) is 123 Å². The molecule has 2 aliphatic heterocycles. The molecule has 0 radical (unpaired) electrons. The molecular formula is C65H84Cl2N13O15PS. The van der Waals surface area contributed by atoms with E-state index in [4.69, 9.17) is 55.2 Å². The second kappa shape index (κ2) is 30.3. The molecule has 32 heteroatoms. The van der Waals surface area contributed by atoms with E-state index in [1.807, 2.05) is 20.0 Å². The molecule has 10 rings (SSSR count). The Labute approximate surface area is 576 Å². The minimum Gasteiger partial charge on any atom is -0.445 e. The van der Waals surface area contributed by atoms with Crippen LogP contribution in [0.1, 0.15) is 119 Å². The van der Waals surface area contributed by atoms with E-state index in [-0.39, 0.29) is 104 Å². The molecule has 97 heavy (non-hydrogen) atoms. The standard InChI is InChI=1S/C65H84Cl2N13O15PS/c1-34(2)53(76-57(84)43(73-38(6)82)12-9-10-18-69-37(5)81)58(85)75-44(13-11-19-70-61(68)88)56(83)74-42-16-14-39(15-17-42)30-93-62(89)77(7)20-21-78(8)63(97)94-47-22-45-51(49-35(3)26-71-54(47)49)40(24-66)28-79(45)59(86)64-31-65(32-64,33-64)60(87)80-29-41(25-67)52-46(80)23-48(95-96(90,91)92)55-50(52)36(4)27-72-55/h14-17,22-23,26-27,34,40-41,43-44,53,71-72H,9-13,18-21,24-25,28-33H2,1-8H3,(H,69,81)(H,73,82)(H,74,83)(H,75,85)(H,76,84)(H3,68,70,88)(H2,90,91,92). The molecule has 3 aliphatic carbocycles. The fourth-order valence-corrected chi connectivity index (χ4v) is 14.8. The summed E-state index contributed by atoms with van der Waals surface area (Å²) in [6, 6.07) is 5.78. The molecular weight excluding hydrogens is 1340 g/mol. The summed E-state index contributed by atoms with van der Waals surface area (Å²) >= 11 is 19.1. The molecule has 12 N–H and O–H groups in total. The number of carbonyl (C=O) groups excluding carboxylic acids is 9.